The van der Waals surface area contributed by atoms with Crippen molar-refractivity contribution in [2.24, 2.45) is 0 Å². The molecule has 0 unspecified atom stereocenters. The normalized spacial score (nSPS) is 21.6. The number of ether oxygens (including phenoxy) is 1. The van der Waals surface area contributed by atoms with Gasteiger partial charge in [0.05, 0.1) is 18.8 Å². The lowest BCUT2D eigenvalue weighted by Crippen LogP contribution is -2.53. The lowest BCUT2D eigenvalue weighted by molar-refractivity contribution is 0.0929. The minimum absolute atomic E-state index is 0.150. The zero-order valence-corrected chi connectivity index (χ0v) is 19.6. The Hall–Kier alpha value is -2.46. The zero-order valence-electron chi connectivity index (χ0n) is 18.8. The molecule has 9 heteroatoms. The van der Waals surface area contributed by atoms with Gasteiger partial charge in [0, 0.05) is 38.1 Å². The Morgan fingerprint density at radius 3 is 2.36 bits per heavy atom. The summed E-state index contributed by atoms with van der Waals surface area (Å²) in [5, 5.41) is 12.8. The largest absolute Gasteiger partial charge is 0.496 e. The summed E-state index contributed by atoms with van der Waals surface area (Å²) < 4.78 is 34.3. The first-order valence-corrected chi connectivity index (χ1v) is 12.7. The third kappa shape index (κ3) is 4.91. The number of methoxy groups -OCH3 is 1. The summed E-state index contributed by atoms with van der Waals surface area (Å²) in [6.45, 7) is 1.60. The van der Waals surface area contributed by atoms with Crippen molar-refractivity contribution in [1.29, 1.82) is 0 Å². The minimum atomic E-state index is -3.61. The molecule has 2 heterocycles. The van der Waals surface area contributed by atoms with E-state index < -0.39 is 16.3 Å². The van der Waals surface area contributed by atoms with Gasteiger partial charge in [0.15, 0.2) is 0 Å². The predicted octanol–water partition coefficient (Wildman–Crippen LogP) is 1.77. The van der Waals surface area contributed by atoms with Crippen molar-refractivity contribution in [2.75, 3.05) is 39.8 Å². The first-order valence-electron chi connectivity index (χ1n) is 11.3. The van der Waals surface area contributed by atoms with Gasteiger partial charge < -0.3 is 15.2 Å². The van der Waals surface area contributed by atoms with E-state index in [2.05, 4.69) is 5.32 Å². The topological polar surface area (TPSA) is 99.2 Å². The van der Waals surface area contributed by atoms with Crippen LogP contribution in [0.15, 0.2) is 54.6 Å². The van der Waals surface area contributed by atoms with Crippen LogP contribution in [0.5, 0.6) is 5.75 Å². The molecule has 2 N–H and O–H groups in total. The lowest BCUT2D eigenvalue weighted by atomic mass is 9.73. The lowest BCUT2D eigenvalue weighted by Gasteiger charge is -2.42. The van der Waals surface area contributed by atoms with E-state index in [1.54, 1.807) is 18.2 Å². The highest BCUT2D eigenvalue weighted by atomic mass is 32.2. The highest BCUT2D eigenvalue weighted by Gasteiger charge is 2.42. The molecule has 33 heavy (non-hydrogen) atoms. The van der Waals surface area contributed by atoms with E-state index in [9.17, 15) is 18.3 Å². The van der Waals surface area contributed by atoms with Gasteiger partial charge >= 0.3 is 0 Å². The van der Waals surface area contributed by atoms with Crippen molar-refractivity contribution >= 4 is 16.1 Å². The number of carbonyl (C=O) groups is 1. The number of piperidine rings is 1. The Labute approximate surface area is 195 Å². The molecule has 0 spiro atoms. The number of amides is 1. The van der Waals surface area contributed by atoms with Crippen molar-refractivity contribution in [3.8, 4) is 5.75 Å². The zero-order chi connectivity index (χ0) is 23.5. The number of nitrogens with zero attached hydrogens (tertiary/aromatic N) is 2. The maximum absolute atomic E-state index is 13.1. The van der Waals surface area contributed by atoms with Gasteiger partial charge in [-0.15, -0.1) is 0 Å². The molecule has 2 aromatic rings. The quantitative estimate of drug-likeness (QED) is 0.639. The monoisotopic (exact) mass is 473 g/mol. The third-order valence-corrected chi connectivity index (χ3v) is 8.79. The molecule has 8 nitrogen and oxygen atoms in total. The average molecular weight is 474 g/mol. The van der Waals surface area contributed by atoms with Crippen LogP contribution in [-0.2, 0) is 15.6 Å². The molecular weight excluding hydrogens is 442 g/mol. The van der Waals surface area contributed by atoms with E-state index in [0.717, 1.165) is 5.56 Å². The Bertz CT molecular complexity index is 1070. The smallest absolute Gasteiger partial charge is 0.282 e. The highest BCUT2D eigenvalue weighted by Crippen LogP contribution is 2.36. The fourth-order valence-electron chi connectivity index (χ4n) is 4.76. The van der Waals surface area contributed by atoms with Crippen LogP contribution in [-0.4, -0.2) is 74.0 Å². The number of aliphatic hydroxyl groups is 1. The molecule has 2 aliphatic heterocycles. The van der Waals surface area contributed by atoms with Crippen molar-refractivity contribution in [3.05, 3.63) is 65.7 Å². The maximum atomic E-state index is 13.1. The standard InChI is InChI=1S/C24H31N3O5S/c1-32-22-10-6-5-9-21(22)23(29)25-18-24(19-7-3-2-4-8-19)12-15-26(16-13-24)33(30,31)27-14-11-20(28)17-27/h2-10,20,28H,11-18H2,1H3,(H,25,29)/t20-/m1/s1. The molecule has 0 bridgehead atoms. The molecule has 2 fully saturated rings. The van der Waals surface area contributed by atoms with E-state index in [0.29, 0.717) is 56.8 Å². The number of β-amino-alcohol motifs (C(OH)–C–C–N with tert-alkyl or cyclic N) is 1. The van der Waals surface area contributed by atoms with Crippen LogP contribution in [0.2, 0.25) is 0 Å². The summed E-state index contributed by atoms with van der Waals surface area (Å²) in [6.07, 6.45) is 1.03. The van der Waals surface area contributed by atoms with Gasteiger partial charge in [-0.2, -0.15) is 17.0 Å². The molecular formula is C24H31N3O5S. The summed E-state index contributed by atoms with van der Waals surface area (Å²) in [4.78, 5) is 12.9. The Morgan fingerprint density at radius 1 is 1.06 bits per heavy atom. The number of hydrogen-bond acceptors (Lipinski definition) is 5. The predicted molar refractivity (Wildman–Crippen MR) is 125 cm³/mol. The van der Waals surface area contributed by atoms with Crippen LogP contribution in [0, 0.1) is 0 Å². The molecule has 0 radical (unpaired) electrons. The van der Waals surface area contributed by atoms with Gasteiger partial charge in [-0.1, -0.05) is 42.5 Å². The van der Waals surface area contributed by atoms with Gasteiger partial charge in [-0.3, -0.25) is 4.79 Å². The van der Waals surface area contributed by atoms with Crippen molar-refractivity contribution in [2.45, 2.75) is 30.8 Å². The van der Waals surface area contributed by atoms with Gasteiger partial charge in [0.25, 0.3) is 16.1 Å². The summed E-state index contributed by atoms with van der Waals surface area (Å²) >= 11 is 0. The Morgan fingerprint density at radius 2 is 1.73 bits per heavy atom. The summed E-state index contributed by atoms with van der Waals surface area (Å²) in [5.41, 5.74) is 1.17. The Kier molecular flexibility index (Phi) is 7.04. The number of para-hydroxylation sites is 1. The van der Waals surface area contributed by atoms with E-state index >= 15 is 0 Å². The summed E-state index contributed by atoms with van der Waals surface area (Å²) in [7, 11) is -2.07. The molecule has 0 saturated carbocycles. The molecule has 1 amide bonds. The SMILES string of the molecule is COc1ccccc1C(=O)NCC1(c2ccccc2)CCN(S(=O)(=O)N2CC[C@@H](O)C2)CC1. The number of benzene rings is 2. The van der Waals surface area contributed by atoms with Gasteiger partial charge in [-0.25, -0.2) is 0 Å². The number of rotatable bonds is 7. The molecule has 2 aromatic carbocycles. The minimum Gasteiger partial charge on any atom is -0.496 e. The average Bonchev–Trinajstić information content (AvgIpc) is 3.30. The first kappa shape index (κ1) is 23.7. The Balaban J connectivity index is 1.51. The van der Waals surface area contributed by atoms with Crippen molar-refractivity contribution < 1.29 is 23.1 Å². The highest BCUT2D eigenvalue weighted by molar-refractivity contribution is 7.86. The van der Waals surface area contributed by atoms with Crippen LogP contribution < -0.4 is 10.1 Å². The van der Waals surface area contributed by atoms with E-state index in [1.807, 2.05) is 36.4 Å². The van der Waals surface area contributed by atoms with Gasteiger partial charge in [0.2, 0.25) is 0 Å². The summed E-state index contributed by atoms with van der Waals surface area (Å²) in [5.74, 6) is 0.293. The van der Waals surface area contributed by atoms with E-state index in [-0.39, 0.29) is 17.9 Å². The number of hydrogen-bond donors (Lipinski definition) is 2. The van der Waals surface area contributed by atoms with Crippen molar-refractivity contribution in [3.63, 3.8) is 0 Å². The molecule has 1 atom stereocenters. The molecule has 2 saturated heterocycles. The van der Waals surface area contributed by atoms with Crippen LogP contribution in [0.3, 0.4) is 0 Å². The third-order valence-electron chi connectivity index (χ3n) is 6.78. The number of carbonyl (C=O) groups excluding carboxylic acids is 1. The van der Waals surface area contributed by atoms with Crippen molar-refractivity contribution in [1.82, 2.24) is 13.9 Å². The molecule has 4 rings (SSSR count). The molecule has 2 aliphatic rings. The van der Waals surface area contributed by atoms with Gasteiger partial charge in [-0.05, 0) is 37.0 Å². The van der Waals surface area contributed by atoms with Crippen LogP contribution in [0.1, 0.15) is 35.2 Å². The summed E-state index contributed by atoms with van der Waals surface area (Å²) in [6, 6.07) is 17.0. The fraction of sp³-hybridized carbons (Fsp3) is 0.458. The fourth-order valence-corrected chi connectivity index (χ4v) is 6.43. The van der Waals surface area contributed by atoms with Crippen LogP contribution in [0.25, 0.3) is 0 Å². The second-order valence-corrected chi connectivity index (χ2v) is 10.7. The molecule has 0 aromatic heterocycles. The van der Waals surface area contributed by atoms with Crippen LogP contribution >= 0.6 is 0 Å². The number of nitrogens with one attached hydrogen (secondary N) is 1. The first-order chi connectivity index (χ1) is 15.9. The second kappa shape index (κ2) is 9.80. The molecule has 0 aliphatic carbocycles. The van der Waals surface area contributed by atoms with Crippen LogP contribution in [0.4, 0.5) is 0 Å². The van der Waals surface area contributed by atoms with E-state index in [1.165, 1.54) is 15.7 Å². The number of aliphatic hydroxyl groups excluding tert-OH is 1. The maximum Gasteiger partial charge on any atom is 0.282 e. The molecule has 178 valence electrons. The second-order valence-electron chi connectivity index (χ2n) is 8.74. The van der Waals surface area contributed by atoms with E-state index in [4.69, 9.17) is 4.74 Å². The van der Waals surface area contributed by atoms with Gasteiger partial charge in [0.1, 0.15) is 5.75 Å².